The van der Waals surface area contributed by atoms with E-state index in [1.165, 1.54) is 12.5 Å². The molecule has 0 bridgehead atoms. The lowest BCUT2D eigenvalue weighted by Gasteiger charge is -2.23. The topological polar surface area (TPSA) is 78.1 Å². The maximum atomic E-state index is 12.5. The molecular formula is C18H22N4O2. The fraction of sp³-hybridized carbons (Fsp3) is 0.389. The molecule has 6 heteroatoms. The molecule has 126 valence electrons. The van der Waals surface area contributed by atoms with Crippen molar-refractivity contribution in [2.24, 2.45) is 0 Å². The number of aromatic nitrogens is 2. The van der Waals surface area contributed by atoms with E-state index >= 15 is 0 Å². The highest BCUT2D eigenvalue weighted by atomic mass is 16.2. The van der Waals surface area contributed by atoms with E-state index in [4.69, 9.17) is 0 Å². The van der Waals surface area contributed by atoms with Crippen molar-refractivity contribution >= 4 is 17.5 Å². The number of nitrogens with one attached hydrogen (secondary N) is 2. The number of hydrogen-bond donors (Lipinski definition) is 2. The van der Waals surface area contributed by atoms with E-state index < -0.39 is 6.04 Å². The maximum Gasteiger partial charge on any atom is 0.243 e. The fourth-order valence-electron chi connectivity index (χ4n) is 3.22. The highest BCUT2D eigenvalue weighted by Gasteiger charge is 2.36. The van der Waals surface area contributed by atoms with Crippen LogP contribution >= 0.6 is 0 Å². The van der Waals surface area contributed by atoms with Crippen LogP contribution in [0.2, 0.25) is 0 Å². The van der Waals surface area contributed by atoms with Crippen LogP contribution in [0.15, 0.2) is 30.5 Å². The molecule has 0 radical (unpaired) electrons. The van der Waals surface area contributed by atoms with Crippen LogP contribution in [-0.2, 0) is 22.4 Å². The van der Waals surface area contributed by atoms with Gasteiger partial charge in [0.15, 0.2) is 0 Å². The maximum absolute atomic E-state index is 12.5. The van der Waals surface area contributed by atoms with Gasteiger partial charge in [0.25, 0.3) is 0 Å². The van der Waals surface area contributed by atoms with Crippen LogP contribution < -0.4 is 10.2 Å². The molecule has 1 aliphatic heterocycles. The van der Waals surface area contributed by atoms with E-state index in [9.17, 15) is 9.59 Å². The molecule has 3 rings (SSSR count). The van der Waals surface area contributed by atoms with Gasteiger partial charge in [-0.05, 0) is 37.0 Å². The summed E-state index contributed by atoms with van der Waals surface area (Å²) < 4.78 is 0. The molecule has 0 spiro atoms. The Kier molecular flexibility index (Phi) is 4.64. The molecule has 0 fully saturated rings. The summed E-state index contributed by atoms with van der Waals surface area (Å²) >= 11 is 0. The minimum atomic E-state index is -0.449. The largest absolute Gasteiger partial charge is 0.354 e. The zero-order valence-electron chi connectivity index (χ0n) is 14.0. The first kappa shape index (κ1) is 16.2. The van der Waals surface area contributed by atoms with Gasteiger partial charge in [-0.1, -0.05) is 18.2 Å². The number of amides is 2. The molecular weight excluding hydrogens is 304 g/mol. The molecule has 2 aromatic rings. The van der Waals surface area contributed by atoms with Crippen molar-refractivity contribution in [1.82, 2.24) is 15.5 Å². The van der Waals surface area contributed by atoms with Crippen molar-refractivity contribution in [3.63, 3.8) is 0 Å². The number of benzene rings is 1. The molecule has 1 aromatic heterocycles. The van der Waals surface area contributed by atoms with Crippen molar-refractivity contribution in [3.8, 4) is 0 Å². The Bertz CT molecular complexity index is 753. The van der Waals surface area contributed by atoms with E-state index in [1.807, 2.05) is 37.4 Å². The molecule has 0 aliphatic carbocycles. The van der Waals surface area contributed by atoms with Gasteiger partial charge in [0.1, 0.15) is 6.04 Å². The van der Waals surface area contributed by atoms with E-state index in [1.54, 1.807) is 4.90 Å². The van der Waals surface area contributed by atoms with Gasteiger partial charge in [-0.2, -0.15) is 5.10 Å². The molecule has 1 aromatic carbocycles. The summed E-state index contributed by atoms with van der Waals surface area (Å²) in [5, 5.41) is 9.87. The zero-order valence-corrected chi connectivity index (χ0v) is 14.0. The zero-order chi connectivity index (χ0) is 17.1. The number of nitrogens with zero attached hydrogens (tertiary/aromatic N) is 2. The lowest BCUT2D eigenvalue weighted by atomic mass is 10.1. The fourth-order valence-corrected chi connectivity index (χ4v) is 3.22. The summed E-state index contributed by atoms with van der Waals surface area (Å²) in [5.74, 6) is -0.195. The quantitative estimate of drug-likeness (QED) is 0.822. The Morgan fingerprint density at radius 1 is 1.38 bits per heavy atom. The molecule has 1 atom stereocenters. The van der Waals surface area contributed by atoms with Crippen LogP contribution in [0.25, 0.3) is 0 Å². The molecule has 6 nitrogen and oxygen atoms in total. The number of aromatic amines is 1. The smallest absolute Gasteiger partial charge is 0.243 e. The standard InChI is InChI=1S/C18H22N4O2/c1-12-15(11-20-21-12)7-5-9-19-18(24)17-10-14-6-3-4-8-16(14)22(17)13(2)23/h3-4,6,8,11,17H,5,7,9-10H2,1-2H3,(H,19,24)(H,20,21)/t17-/m0/s1. The number of carbonyl (C=O) groups is 2. The number of fused-ring (bicyclic) bond motifs is 1. The van der Waals surface area contributed by atoms with Crippen LogP contribution in [0, 0.1) is 6.92 Å². The predicted octanol–water partition coefficient (Wildman–Crippen LogP) is 1.74. The van der Waals surface area contributed by atoms with Gasteiger partial charge in [-0.3, -0.25) is 19.6 Å². The summed E-state index contributed by atoms with van der Waals surface area (Å²) in [4.78, 5) is 26.1. The molecule has 2 amide bonds. The van der Waals surface area contributed by atoms with E-state index in [0.29, 0.717) is 13.0 Å². The van der Waals surface area contributed by atoms with Crippen LogP contribution in [0.1, 0.15) is 30.2 Å². The Hall–Kier alpha value is -2.63. The van der Waals surface area contributed by atoms with Gasteiger partial charge in [-0.25, -0.2) is 0 Å². The van der Waals surface area contributed by atoms with Gasteiger partial charge in [0.2, 0.25) is 11.8 Å². The molecule has 0 unspecified atom stereocenters. The van der Waals surface area contributed by atoms with Crippen LogP contribution in [0.5, 0.6) is 0 Å². The number of rotatable bonds is 5. The minimum Gasteiger partial charge on any atom is -0.354 e. The SMILES string of the molecule is CC(=O)N1c2ccccc2C[C@H]1C(=O)NCCCc1cn[nH]c1C. The van der Waals surface area contributed by atoms with Gasteiger partial charge >= 0.3 is 0 Å². The molecule has 2 heterocycles. The summed E-state index contributed by atoms with van der Waals surface area (Å²) in [6.45, 7) is 4.08. The average Bonchev–Trinajstić information content (AvgIpc) is 3.14. The summed E-state index contributed by atoms with van der Waals surface area (Å²) in [6.07, 6.45) is 4.10. The second-order valence-electron chi connectivity index (χ2n) is 6.15. The lowest BCUT2D eigenvalue weighted by Crippen LogP contribution is -2.47. The van der Waals surface area contributed by atoms with Crippen molar-refractivity contribution in [2.45, 2.75) is 39.2 Å². The highest BCUT2D eigenvalue weighted by Crippen LogP contribution is 2.32. The van der Waals surface area contributed by atoms with Gasteiger partial charge in [-0.15, -0.1) is 0 Å². The number of carbonyl (C=O) groups excluding carboxylic acids is 2. The number of H-pyrrole nitrogens is 1. The third kappa shape index (κ3) is 3.18. The summed E-state index contributed by atoms with van der Waals surface area (Å²) in [6, 6.07) is 7.24. The van der Waals surface area contributed by atoms with E-state index in [2.05, 4.69) is 15.5 Å². The molecule has 0 saturated heterocycles. The number of aryl methyl sites for hydroxylation is 2. The summed E-state index contributed by atoms with van der Waals surface area (Å²) in [5.41, 5.74) is 4.12. The first-order valence-corrected chi connectivity index (χ1v) is 8.22. The molecule has 0 saturated carbocycles. The second kappa shape index (κ2) is 6.86. The third-order valence-electron chi connectivity index (χ3n) is 4.47. The Labute approximate surface area is 141 Å². The normalized spacial score (nSPS) is 16.1. The Balaban J connectivity index is 1.57. The van der Waals surface area contributed by atoms with E-state index in [0.717, 1.165) is 29.8 Å². The first-order valence-electron chi connectivity index (χ1n) is 8.22. The van der Waals surface area contributed by atoms with Crippen LogP contribution in [0.3, 0.4) is 0 Å². The molecule has 2 N–H and O–H groups in total. The molecule has 1 aliphatic rings. The van der Waals surface area contributed by atoms with Gasteiger partial charge in [0.05, 0.1) is 6.20 Å². The number of hydrogen-bond acceptors (Lipinski definition) is 3. The highest BCUT2D eigenvalue weighted by molar-refractivity contribution is 6.02. The Morgan fingerprint density at radius 3 is 2.88 bits per heavy atom. The third-order valence-corrected chi connectivity index (χ3v) is 4.47. The van der Waals surface area contributed by atoms with Crippen molar-refractivity contribution in [2.75, 3.05) is 11.4 Å². The summed E-state index contributed by atoms with van der Waals surface area (Å²) in [7, 11) is 0. The van der Waals surface area contributed by atoms with Crippen molar-refractivity contribution in [3.05, 3.63) is 47.3 Å². The lowest BCUT2D eigenvalue weighted by molar-refractivity contribution is -0.125. The first-order chi connectivity index (χ1) is 11.6. The average molecular weight is 326 g/mol. The van der Waals surface area contributed by atoms with Gasteiger partial charge in [0, 0.05) is 31.3 Å². The van der Waals surface area contributed by atoms with Crippen LogP contribution in [0.4, 0.5) is 5.69 Å². The number of anilines is 1. The number of para-hydroxylation sites is 1. The Morgan fingerprint density at radius 2 is 2.17 bits per heavy atom. The van der Waals surface area contributed by atoms with Gasteiger partial charge < -0.3 is 5.32 Å². The molecule has 24 heavy (non-hydrogen) atoms. The van der Waals surface area contributed by atoms with Crippen molar-refractivity contribution in [1.29, 1.82) is 0 Å². The van der Waals surface area contributed by atoms with E-state index in [-0.39, 0.29) is 11.8 Å². The second-order valence-corrected chi connectivity index (χ2v) is 6.15. The van der Waals surface area contributed by atoms with Crippen LogP contribution in [-0.4, -0.2) is 34.6 Å². The predicted molar refractivity (Wildman–Crippen MR) is 91.7 cm³/mol. The monoisotopic (exact) mass is 326 g/mol. The minimum absolute atomic E-state index is 0.0923. The van der Waals surface area contributed by atoms with Crippen molar-refractivity contribution < 1.29 is 9.59 Å².